The minimum Gasteiger partial charge on any atom is -0.390 e. The molecule has 1 aliphatic heterocycles. The van der Waals surface area contributed by atoms with Crippen LogP contribution in [0.4, 0.5) is 0 Å². The van der Waals surface area contributed by atoms with Crippen LogP contribution in [-0.2, 0) is 4.74 Å². The van der Waals surface area contributed by atoms with Gasteiger partial charge in [-0.05, 0) is 12.0 Å². The fraction of sp³-hybridized carbons (Fsp3) is 1.00. The number of rotatable bonds is 2. The van der Waals surface area contributed by atoms with E-state index >= 15 is 0 Å². The Bertz CT molecular complexity index is 192. The van der Waals surface area contributed by atoms with E-state index in [1.807, 2.05) is 0 Å². The van der Waals surface area contributed by atoms with Crippen LogP contribution in [-0.4, -0.2) is 41.7 Å². The number of aliphatic hydroxyl groups excluding tert-OH is 2. The highest BCUT2D eigenvalue weighted by Crippen LogP contribution is 2.14. The second kappa shape index (κ2) is 4.27. The number of hydrogen-bond donors (Lipinski definition) is 2. The first-order valence-electron chi connectivity index (χ1n) is 3.74. The van der Waals surface area contributed by atoms with Gasteiger partial charge < -0.3 is 14.9 Å². The Hall–Kier alpha value is -0.810. The van der Waals surface area contributed by atoms with Crippen molar-refractivity contribution >= 4 is 0 Å². The molecular weight excluding hydrogens is 162 g/mol. The summed E-state index contributed by atoms with van der Waals surface area (Å²) in [7, 11) is 0. The molecule has 0 aromatic heterocycles. The molecule has 0 aromatic rings. The van der Waals surface area contributed by atoms with E-state index in [9.17, 15) is 10.2 Å². The predicted molar refractivity (Wildman–Crippen MR) is 40.4 cm³/mol. The van der Waals surface area contributed by atoms with Gasteiger partial charge in [0.1, 0.15) is 6.10 Å². The molecule has 0 radical (unpaired) electrons. The van der Waals surface area contributed by atoms with Crippen LogP contribution in [0.3, 0.4) is 0 Å². The molecule has 1 saturated heterocycles. The summed E-state index contributed by atoms with van der Waals surface area (Å²) in [6.07, 6.45) is -1.85. The van der Waals surface area contributed by atoms with Gasteiger partial charge in [0.05, 0.1) is 18.8 Å². The molecule has 6 heteroatoms. The third-order valence-corrected chi connectivity index (χ3v) is 1.85. The maximum absolute atomic E-state index is 9.31. The van der Waals surface area contributed by atoms with E-state index in [2.05, 4.69) is 10.0 Å². The van der Waals surface area contributed by atoms with Crippen LogP contribution >= 0.6 is 0 Å². The first-order chi connectivity index (χ1) is 5.75. The second-order valence-electron chi connectivity index (χ2n) is 2.67. The molecule has 0 saturated carbocycles. The lowest BCUT2D eigenvalue weighted by atomic mass is 10.0. The van der Waals surface area contributed by atoms with Gasteiger partial charge in [-0.25, -0.2) is 0 Å². The summed E-state index contributed by atoms with van der Waals surface area (Å²) in [6, 6.07) is 0. The zero-order chi connectivity index (χ0) is 8.97. The van der Waals surface area contributed by atoms with Crippen molar-refractivity contribution < 1.29 is 14.9 Å². The Morgan fingerprint density at radius 3 is 3.00 bits per heavy atom. The largest absolute Gasteiger partial charge is 0.390 e. The normalized spacial score (nSPS) is 35.7. The lowest BCUT2D eigenvalue weighted by Gasteiger charge is -2.30. The molecule has 0 aliphatic carbocycles. The number of aliphatic hydroxyl groups is 2. The lowest BCUT2D eigenvalue weighted by Crippen LogP contribution is -2.45. The average molecular weight is 173 g/mol. The lowest BCUT2D eigenvalue weighted by molar-refractivity contribution is -0.130. The summed E-state index contributed by atoms with van der Waals surface area (Å²) in [4.78, 5) is 2.54. The monoisotopic (exact) mass is 173 g/mol. The predicted octanol–water partition coefficient (Wildman–Crippen LogP) is -0.193. The molecule has 12 heavy (non-hydrogen) atoms. The van der Waals surface area contributed by atoms with Gasteiger partial charge in [0.15, 0.2) is 0 Å². The third-order valence-electron chi connectivity index (χ3n) is 1.85. The Morgan fingerprint density at radius 1 is 1.58 bits per heavy atom. The van der Waals surface area contributed by atoms with Crippen LogP contribution in [0.2, 0.25) is 0 Å². The maximum atomic E-state index is 9.31. The molecule has 1 rings (SSSR count). The third kappa shape index (κ3) is 2.09. The Morgan fingerprint density at radius 2 is 2.33 bits per heavy atom. The molecule has 2 N–H and O–H groups in total. The summed E-state index contributed by atoms with van der Waals surface area (Å²) in [5.74, 6) is 0. The van der Waals surface area contributed by atoms with Crippen molar-refractivity contribution in [3.63, 3.8) is 0 Å². The van der Waals surface area contributed by atoms with Crippen molar-refractivity contribution in [3.8, 4) is 0 Å². The van der Waals surface area contributed by atoms with Crippen LogP contribution < -0.4 is 0 Å². The smallest absolute Gasteiger partial charge is 0.106 e. The van der Waals surface area contributed by atoms with E-state index in [4.69, 9.17) is 10.3 Å². The van der Waals surface area contributed by atoms with Gasteiger partial charge in [-0.3, -0.25) is 0 Å². The van der Waals surface area contributed by atoms with E-state index in [1.54, 1.807) is 0 Å². The van der Waals surface area contributed by atoms with Gasteiger partial charge in [0, 0.05) is 11.5 Å². The molecule has 68 valence electrons. The maximum Gasteiger partial charge on any atom is 0.106 e. The van der Waals surface area contributed by atoms with Gasteiger partial charge in [0.25, 0.3) is 0 Å². The molecule has 3 atom stereocenters. The van der Waals surface area contributed by atoms with E-state index in [1.165, 1.54) is 0 Å². The minimum absolute atomic E-state index is 0.0642. The molecule has 3 unspecified atom stereocenters. The summed E-state index contributed by atoms with van der Waals surface area (Å²) in [6.45, 7) is 0.457. The first-order valence-corrected chi connectivity index (χ1v) is 3.74. The quantitative estimate of drug-likeness (QED) is 0.344. The van der Waals surface area contributed by atoms with Crippen molar-refractivity contribution in [3.05, 3.63) is 10.4 Å². The molecule has 0 aromatic carbocycles. The molecule has 0 amide bonds. The molecule has 0 spiro atoms. The number of azide groups is 1. The fourth-order valence-corrected chi connectivity index (χ4v) is 1.13. The standard InChI is InChI=1S/C6H11N3O3/c7-9-8-3-5-6(11)4(10)1-2-12-5/h4-6,10-11H,1-3H2. The summed E-state index contributed by atoms with van der Waals surface area (Å²) in [5.41, 5.74) is 8.01. The number of ether oxygens (including phenoxy) is 1. The number of hydrogen-bond acceptors (Lipinski definition) is 4. The van der Waals surface area contributed by atoms with Crippen LogP contribution in [0.1, 0.15) is 6.42 Å². The van der Waals surface area contributed by atoms with E-state index in [-0.39, 0.29) is 6.54 Å². The van der Waals surface area contributed by atoms with Gasteiger partial charge in [-0.1, -0.05) is 5.11 Å². The van der Waals surface area contributed by atoms with Crippen molar-refractivity contribution in [2.75, 3.05) is 13.2 Å². The van der Waals surface area contributed by atoms with Crippen molar-refractivity contribution in [1.29, 1.82) is 0 Å². The summed E-state index contributed by atoms with van der Waals surface area (Å²) in [5, 5.41) is 21.8. The van der Waals surface area contributed by atoms with Crippen LogP contribution in [0, 0.1) is 0 Å². The highest BCUT2D eigenvalue weighted by molar-refractivity contribution is 4.82. The fourth-order valence-electron chi connectivity index (χ4n) is 1.13. The van der Waals surface area contributed by atoms with Crippen LogP contribution in [0.15, 0.2) is 5.11 Å². The van der Waals surface area contributed by atoms with E-state index < -0.39 is 18.3 Å². The molecular formula is C6H11N3O3. The van der Waals surface area contributed by atoms with Crippen molar-refractivity contribution in [1.82, 2.24) is 0 Å². The van der Waals surface area contributed by atoms with Gasteiger partial charge in [-0.2, -0.15) is 0 Å². The molecule has 1 aliphatic rings. The first kappa shape index (κ1) is 9.28. The van der Waals surface area contributed by atoms with Gasteiger partial charge in [0.2, 0.25) is 0 Å². The highest BCUT2D eigenvalue weighted by atomic mass is 16.5. The molecule has 6 nitrogen and oxygen atoms in total. The van der Waals surface area contributed by atoms with Crippen LogP contribution in [0.25, 0.3) is 10.4 Å². The zero-order valence-corrected chi connectivity index (χ0v) is 6.50. The highest BCUT2D eigenvalue weighted by Gasteiger charge is 2.30. The Labute approximate surface area is 69.4 Å². The van der Waals surface area contributed by atoms with E-state index in [0.717, 1.165) is 0 Å². The Kier molecular flexibility index (Phi) is 3.31. The molecule has 1 fully saturated rings. The SMILES string of the molecule is [N-]=[N+]=NCC1OCCC(O)C1O. The second-order valence-corrected chi connectivity index (χ2v) is 2.67. The molecule has 0 bridgehead atoms. The number of nitrogens with zero attached hydrogens (tertiary/aromatic N) is 3. The van der Waals surface area contributed by atoms with Gasteiger partial charge >= 0.3 is 0 Å². The van der Waals surface area contributed by atoms with Crippen molar-refractivity contribution in [2.45, 2.75) is 24.7 Å². The zero-order valence-electron chi connectivity index (χ0n) is 6.50. The Balaban J connectivity index is 2.45. The minimum atomic E-state index is -0.941. The van der Waals surface area contributed by atoms with Crippen molar-refractivity contribution in [2.24, 2.45) is 5.11 Å². The average Bonchev–Trinajstić information content (AvgIpc) is 2.08. The van der Waals surface area contributed by atoms with Crippen LogP contribution in [0.5, 0.6) is 0 Å². The molecule has 1 heterocycles. The summed E-state index contributed by atoms with van der Waals surface area (Å²) >= 11 is 0. The van der Waals surface area contributed by atoms with E-state index in [0.29, 0.717) is 13.0 Å². The summed E-state index contributed by atoms with van der Waals surface area (Å²) < 4.78 is 5.09. The van der Waals surface area contributed by atoms with Gasteiger partial charge in [-0.15, -0.1) is 0 Å². The topological polar surface area (TPSA) is 98.5 Å².